The van der Waals surface area contributed by atoms with Gasteiger partial charge in [0, 0.05) is 26.7 Å². The van der Waals surface area contributed by atoms with Gasteiger partial charge in [-0.1, -0.05) is 18.2 Å². The van der Waals surface area contributed by atoms with Gasteiger partial charge in [0.2, 0.25) is 0 Å². The Bertz CT molecular complexity index is 474. The number of nitrogens with one attached hydrogen (secondary N) is 1. The van der Waals surface area contributed by atoms with E-state index in [9.17, 15) is 0 Å². The van der Waals surface area contributed by atoms with E-state index in [4.69, 9.17) is 4.74 Å². The van der Waals surface area contributed by atoms with Crippen LogP contribution in [-0.2, 0) is 24.2 Å². The topological polar surface area (TPSA) is 24.5 Å². The monoisotopic (exact) mass is 274 g/mol. The molecular weight excluding hydrogens is 248 g/mol. The van der Waals surface area contributed by atoms with Crippen molar-refractivity contribution < 1.29 is 4.74 Å². The summed E-state index contributed by atoms with van der Waals surface area (Å²) < 4.78 is 5.71. The van der Waals surface area contributed by atoms with Crippen LogP contribution >= 0.6 is 0 Å². The molecule has 3 heteroatoms. The van der Waals surface area contributed by atoms with Crippen molar-refractivity contribution in [3.05, 3.63) is 34.9 Å². The van der Waals surface area contributed by atoms with Crippen LogP contribution in [0.1, 0.15) is 36.5 Å². The van der Waals surface area contributed by atoms with Crippen molar-refractivity contribution in [1.29, 1.82) is 0 Å². The number of nitrogens with zero attached hydrogens (tertiary/aromatic N) is 1. The van der Waals surface area contributed by atoms with Gasteiger partial charge in [0.05, 0.1) is 5.60 Å². The van der Waals surface area contributed by atoms with Crippen LogP contribution in [0, 0.1) is 0 Å². The van der Waals surface area contributed by atoms with Gasteiger partial charge in [0.1, 0.15) is 0 Å². The lowest BCUT2D eigenvalue weighted by Gasteiger charge is -2.40. The lowest BCUT2D eigenvalue weighted by atomic mass is 9.92. The summed E-state index contributed by atoms with van der Waals surface area (Å²) in [5.41, 5.74) is 4.62. The fourth-order valence-corrected chi connectivity index (χ4v) is 3.61. The molecular formula is C17H26N2O. The van der Waals surface area contributed by atoms with Crippen LogP contribution in [0.3, 0.4) is 0 Å². The number of hydrogen-bond donors (Lipinski definition) is 1. The average molecular weight is 274 g/mol. The number of rotatable bonds is 3. The Morgan fingerprint density at radius 1 is 1.40 bits per heavy atom. The molecule has 110 valence electrons. The van der Waals surface area contributed by atoms with Crippen LogP contribution < -0.4 is 5.32 Å². The van der Waals surface area contributed by atoms with Crippen molar-refractivity contribution in [3.63, 3.8) is 0 Å². The summed E-state index contributed by atoms with van der Waals surface area (Å²) in [4.78, 5) is 2.56. The van der Waals surface area contributed by atoms with Crippen molar-refractivity contribution in [3.8, 4) is 0 Å². The van der Waals surface area contributed by atoms with E-state index in [2.05, 4.69) is 35.3 Å². The lowest BCUT2D eigenvalue weighted by Crippen LogP contribution is -2.47. The van der Waals surface area contributed by atoms with Crippen molar-refractivity contribution >= 4 is 0 Å². The van der Waals surface area contributed by atoms with E-state index in [0.29, 0.717) is 0 Å². The second kappa shape index (κ2) is 5.84. The molecule has 0 saturated carbocycles. The van der Waals surface area contributed by atoms with Gasteiger partial charge in [-0.2, -0.15) is 0 Å². The van der Waals surface area contributed by atoms with Gasteiger partial charge in [-0.15, -0.1) is 0 Å². The minimum Gasteiger partial charge on any atom is -0.377 e. The van der Waals surface area contributed by atoms with Crippen molar-refractivity contribution in [2.75, 3.05) is 26.7 Å². The standard InChI is InChI=1S/C17H26N2O/c1-17(20-2)8-4-10-19(13-17)12-15-6-3-5-14-11-18-9-7-16(14)15/h3,5-6,18H,4,7-13H2,1-2H3. The van der Waals surface area contributed by atoms with Crippen LogP contribution in [0.15, 0.2) is 18.2 Å². The van der Waals surface area contributed by atoms with Gasteiger partial charge >= 0.3 is 0 Å². The number of hydrogen-bond acceptors (Lipinski definition) is 3. The molecule has 1 N–H and O–H groups in total. The van der Waals surface area contributed by atoms with Crippen molar-refractivity contribution in [1.82, 2.24) is 10.2 Å². The van der Waals surface area contributed by atoms with Gasteiger partial charge in [-0.3, -0.25) is 4.90 Å². The summed E-state index contributed by atoms with van der Waals surface area (Å²) in [6, 6.07) is 6.78. The number of piperidine rings is 1. The first-order valence-corrected chi connectivity index (χ1v) is 7.78. The van der Waals surface area contributed by atoms with E-state index in [0.717, 1.165) is 26.2 Å². The zero-order valence-corrected chi connectivity index (χ0v) is 12.7. The van der Waals surface area contributed by atoms with Crippen LogP contribution in [0.5, 0.6) is 0 Å². The molecule has 3 nitrogen and oxygen atoms in total. The first-order valence-electron chi connectivity index (χ1n) is 7.78. The molecule has 1 aromatic rings. The van der Waals surface area contributed by atoms with E-state index < -0.39 is 0 Å². The highest BCUT2D eigenvalue weighted by Gasteiger charge is 2.30. The molecule has 1 unspecified atom stereocenters. The van der Waals surface area contributed by atoms with Gasteiger partial charge in [0.15, 0.2) is 0 Å². The van der Waals surface area contributed by atoms with E-state index >= 15 is 0 Å². The molecule has 20 heavy (non-hydrogen) atoms. The third kappa shape index (κ3) is 2.90. The van der Waals surface area contributed by atoms with Crippen molar-refractivity contribution in [2.24, 2.45) is 0 Å². The SMILES string of the molecule is COC1(C)CCCN(Cc2cccc3c2CCNC3)C1. The summed E-state index contributed by atoms with van der Waals surface area (Å²) in [6.07, 6.45) is 3.58. The first-order chi connectivity index (χ1) is 9.70. The van der Waals surface area contributed by atoms with E-state index in [1.54, 1.807) is 5.56 Å². The minimum absolute atomic E-state index is 0.0364. The molecule has 1 fully saturated rings. The molecule has 1 atom stereocenters. The Kier molecular flexibility index (Phi) is 4.11. The molecule has 0 bridgehead atoms. The maximum atomic E-state index is 5.71. The fourth-order valence-electron chi connectivity index (χ4n) is 3.61. The summed E-state index contributed by atoms with van der Waals surface area (Å²) in [5, 5.41) is 3.46. The number of likely N-dealkylation sites (tertiary alicyclic amines) is 1. The molecule has 0 amide bonds. The highest BCUT2D eigenvalue weighted by molar-refractivity contribution is 5.37. The molecule has 0 radical (unpaired) electrons. The number of fused-ring (bicyclic) bond motifs is 1. The Balaban J connectivity index is 1.75. The Labute approximate surface area is 122 Å². The molecule has 0 aliphatic carbocycles. The third-order valence-electron chi connectivity index (χ3n) is 4.86. The molecule has 2 aliphatic heterocycles. The van der Waals surface area contributed by atoms with Gasteiger partial charge in [-0.25, -0.2) is 0 Å². The molecule has 0 aromatic heterocycles. The van der Waals surface area contributed by atoms with Gasteiger partial charge in [0.25, 0.3) is 0 Å². The smallest absolute Gasteiger partial charge is 0.0777 e. The molecule has 3 rings (SSSR count). The first kappa shape index (κ1) is 14.1. The number of ether oxygens (including phenoxy) is 1. The zero-order chi connectivity index (χ0) is 14.0. The van der Waals surface area contributed by atoms with E-state index in [1.165, 1.54) is 36.9 Å². The van der Waals surface area contributed by atoms with E-state index in [1.807, 2.05) is 7.11 Å². The molecule has 1 saturated heterocycles. The normalized spacial score (nSPS) is 27.3. The quantitative estimate of drug-likeness (QED) is 0.915. The largest absolute Gasteiger partial charge is 0.377 e. The zero-order valence-electron chi connectivity index (χ0n) is 12.7. The van der Waals surface area contributed by atoms with Crippen LogP contribution in [-0.4, -0.2) is 37.2 Å². The molecule has 1 aromatic carbocycles. The van der Waals surface area contributed by atoms with Crippen LogP contribution in [0.25, 0.3) is 0 Å². The molecule has 2 heterocycles. The second-order valence-electron chi connectivity index (χ2n) is 6.45. The minimum atomic E-state index is 0.0364. The number of benzene rings is 1. The highest BCUT2D eigenvalue weighted by atomic mass is 16.5. The summed E-state index contributed by atoms with van der Waals surface area (Å²) in [7, 11) is 1.85. The Morgan fingerprint density at radius 2 is 2.30 bits per heavy atom. The molecule has 0 spiro atoms. The summed E-state index contributed by atoms with van der Waals surface area (Å²) >= 11 is 0. The van der Waals surface area contributed by atoms with E-state index in [-0.39, 0.29) is 5.60 Å². The third-order valence-corrected chi connectivity index (χ3v) is 4.86. The second-order valence-corrected chi connectivity index (χ2v) is 6.45. The maximum absolute atomic E-state index is 5.71. The predicted octanol–water partition coefficient (Wildman–Crippen LogP) is 2.33. The van der Waals surface area contributed by atoms with Crippen LogP contribution in [0.2, 0.25) is 0 Å². The predicted molar refractivity (Wildman–Crippen MR) is 81.8 cm³/mol. The highest BCUT2D eigenvalue weighted by Crippen LogP contribution is 2.27. The average Bonchev–Trinajstić information content (AvgIpc) is 2.48. The maximum Gasteiger partial charge on any atom is 0.0777 e. The summed E-state index contributed by atoms with van der Waals surface area (Å²) in [5.74, 6) is 0. The Hall–Kier alpha value is -0.900. The molecule has 2 aliphatic rings. The van der Waals surface area contributed by atoms with Gasteiger partial charge in [-0.05, 0) is 56.0 Å². The number of methoxy groups -OCH3 is 1. The summed E-state index contributed by atoms with van der Waals surface area (Å²) in [6.45, 7) is 7.69. The Morgan fingerprint density at radius 3 is 3.15 bits per heavy atom. The van der Waals surface area contributed by atoms with Gasteiger partial charge < -0.3 is 10.1 Å². The van der Waals surface area contributed by atoms with Crippen LogP contribution in [0.4, 0.5) is 0 Å². The fraction of sp³-hybridized carbons (Fsp3) is 0.647. The lowest BCUT2D eigenvalue weighted by molar-refractivity contribution is -0.0527. The van der Waals surface area contributed by atoms with Crippen molar-refractivity contribution in [2.45, 2.75) is 44.9 Å².